The molecule has 1 heterocycles. The van der Waals surface area contributed by atoms with E-state index in [4.69, 9.17) is 16.3 Å². The highest BCUT2D eigenvalue weighted by molar-refractivity contribution is 7.08. The van der Waals surface area contributed by atoms with Gasteiger partial charge in [0, 0.05) is 21.8 Å². The van der Waals surface area contributed by atoms with Gasteiger partial charge in [0.1, 0.15) is 11.4 Å². The number of nitrogens with one attached hydrogen (secondary N) is 1. The third-order valence-corrected chi connectivity index (χ3v) is 3.53. The Hall–Kier alpha value is -2.12. The number of thiophene rings is 1. The van der Waals surface area contributed by atoms with E-state index in [2.05, 4.69) is 5.32 Å². The van der Waals surface area contributed by atoms with E-state index in [1.165, 1.54) is 29.5 Å². The first-order valence-electron chi connectivity index (χ1n) is 5.97. The Morgan fingerprint density at radius 3 is 2.90 bits per heavy atom. The second kappa shape index (κ2) is 6.55. The number of hydrogen-bond acceptors (Lipinski definition) is 5. The maximum atomic E-state index is 12.2. The van der Waals surface area contributed by atoms with Gasteiger partial charge >= 0.3 is 0 Å². The number of carbonyl (C=O) groups excluding carboxylic acids is 1. The predicted molar refractivity (Wildman–Crippen MR) is 81.5 cm³/mol. The predicted octanol–water partition coefficient (Wildman–Crippen LogP) is 3.96. The average Bonchev–Trinajstić information content (AvgIpc) is 2.89. The monoisotopic (exact) mass is 326 g/mol. The van der Waals surface area contributed by atoms with Crippen LogP contribution in [-0.4, -0.2) is 17.4 Å². The SMILES string of the molecule is CCOc1cscc1C(=O)Nc1ccc(Cl)cc1[N+](=O)[O-]. The van der Waals surface area contributed by atoms with E-state index in [9.17, 15) is 14.9 Å². The van der Waals surface area contributed by atoms with E-state index in [1.807, 2.05) is 6.92 Å². The molecular weight excluding hydrogens is 316 g/mol. The summed E-state index contributed by atoms with van der Waals surface area (Å²) in [6.07, 6.45) is 0. The molecule has 0 spiro atoms. The number of nitro benzene ring substituents is 1. The minimum atomic E-state index is -0.599. The van der Waals surface area contributed by atoms with Crippen LogP contribution in [0.25, 0.3) is 0 Å². The smallest absolute Gasteiger partial charge is 0.294 e. The zero-order valence-electron chi connectivity index (χ0n) is 11.0. The van der Waals surface area contributed by atoms with E-state index in [1.54, 1.807) is 10.8 Å². The van der Waals surface area contributed by atoms with Crippen LogP contribution in [0, 0.1) is 10.1 Å². The van der Waals surface area contributed by atoms with Gasteiger partial charge in [0.25, 0.3) is 11.6 Å². The van der Waals surface area contributed by atoms with E-state index in [0.29, 0.717) is 17.9 Å². The average molecular weight is 327 g/mol. The third-order valence-electron chi connectivity index (χ3n) is 2.58. The fourth-order valence-corrected chi connectivity index (χ4v) is 2.58. The fourth-order valence-electron chi connectivity index (χ4n) is 1.67. The summed E-state index contributed by atoms with van der Waals surface area (Å²) >= 11 is 7.05. The van der Waals surface area contributed by atoms with Crippen LogP contribution in [0.3, 0.4) is 0 Å². The first-order valence-corrected chi connectivity index (χ1v) is 7.29. The molecule has 0 radical (unpaired) electrons. The van der Waals surface area contributed by atoms with Gasteiger partial charge in [0.05, 0.1) is 17.1 Å². The molecule has 0 aliphatic rings. The molecule has 21 heavy (non-hydrogen) atoms. The standard InChI is InChI=1S/C13H11ClN2O4S/c1-2-20-12-7-21-6-9(12)13(17)15-10-4-3-8(14)5-11(10)16(18)19/h3-7H,2H2,1H3,(H,15,17). The molecule has 2 rings (SSSR count). The number of anilines is 1. The number of carbonyl (C=O) groups is 1. The van der Waals surface area contributed by atoms with Crippen LogP contribution in [0.2, 0.25) is 5.02 Å². The van der Waals surface area contributed by atoms with Crippen LogP contribution in [0.5, 0.6) is 5.75 Å². The molecule has 6 nitrogen and oxygen atoms in total. The zero-order valence-corrected chi connectivity index (χ0v) is 12.5. The molecule has 110 valence electrons. The van der Waals surface area contributed by atoms with Crippen LogP contribution in [0.4, 0.5) is 11.4 Å². The Kier molecular flexibility index (Phi) is 4.77. The summed E-state index contributed by atoms with van der Waals surface area (Å²) in [6, 6.07) is 4.06. The number of hydrogen-bond donors (Lipinski definition) is 1. The van der Waals surface area contributed by atoms with E-state index >= 15 is 0 Å². The molecule has 0 aliphatic carbocycles. The maximum absolute atomic E-state index is 12.2. The summed E-state index contributed by atoms with van der Waals surface area (Å²) in [7, 11) is 0. The third kappa shape index (κ3) is 3.50. The van der Waals surface area contributed by atoms with Crippen molar-refractivity contribution in [3.8, 4) is 5.75 Å². The number of rotatable bonds is 5. The molecule has 8 heteroatoms. The largest absolute Gasteiger partial charge is 0.492 e. The lowest BCUT2D eigenvalue weighted by Gasteiger charge is -2.07. The van der Waals surface area contributed by atoms with Crippen LogP contribution in [0.1, 0.15) is 17.3 Å². The van der Waals surface area contributed by atoms with Gasteiger partial charge in [-0.15, -0.1) is 11.3 Å². The molecule has 0 saturated carbocycles. The van der Waals surface area contributed by atoms with E-state index in [0.717, 1.165) is 0 Å². The molecule has 0 fully saturated rings. The number of nitro groups is 1. The zero-order chi connectivity index (χ0) is 15.4. The normalized spacial score (nSPS) is 10.2. The van der Waals surface area contributed by atoms with Crippen molar-refractivity contribution in [2.45, 2.75) is 6.92 Å². The second-order valence-corrected chi connectivity index (χ2v) is 5.14. The molecule has 0 atom stereocenters. The minimum absolute atomic E-state index is 0.0862. The van der Waals surface area contributed by atoms with Crippen molar-refractivity contribution < 1.29 is 14.5 Å². The molecule has 1 aromatic heterocycles. The van der Waals surface area contributed by atoms with Gasteiger partial charge in [-0.1, -0.05) is 11.6 Å². The molecule has 1 amide bonds. The number of halogens is 1. The van der Waals surface area contributed by atoms with Crippen molar-refractivity contribution in [3.05, 3.63) is 49.7 Å². The summed E-state index contributed by atoms with van der Waals surface area (Å²) in [5, 5.41) is 17.0. The molecule has 0 saturated heterocycles. The molecular formula is C13H11ClN2O4S. The van der Waals surface area contributed by atoms with Crippen LogP contribution in [0.15, 0.2) is 29.0 Å². The molecule has 1 aromatic carbocycles. The van der Waals surface area contributed by atoms with Gasteiger partial charge in [0.15, 0.2) is 0 Å². The number of ether oxygens (including phenoxy) is 1. The second-order valence-electron chi connectivity index (χ2n) is 3.96. The van der Waals surface area contributed by atoms with Crippen molar-refractivity contribution >= 4 is 40.2 Å². The Morgan fingerprint density at radius 2 is 2.24 bits per heavy atom. The van der Waals surface area contributed by atoms with Crippen molar-refractivity contribution in [1.29, 1.82) is 0 Å². The van der Waals surface area contributed by atoms with Crippen molar-refractivity contribution in [2.75, 3.05) is 11.9 Å². The Morgan fingerprint density at radius 1 is 1.48 bits per heavy atom. The summed E-state index contributed by atoms with van der Waals surface area (Å²) in [6.45, 7) is 2.24. The highest BCUT2D eigenvalue weighted by atomic mass is 35.5. The summed E-state index contributed by atoms with van der Waals surface area (Å²) in [5.74, 6) is -0.0123. The lowest BCUT2D eigenvalue weighted by atomic mass is 10.2. The van der Waals surface area contributed by atoms with Gasteiger partial charge < -0.3 is 10.1 Å². The van der Waals surface area contributed by atoms with E-state index in [-0.39, 0.29) is 16.4 Å². The number of amides is 1. The van der Waals surface area contributed by atoms with Gasteiger partial charge in [0.2, 0.25) is 0 Å². The summed E-state index contributed by atoms with van der Waals surface area (Å²) < 4.78 is 5.33. The van der Waals surface area contributed by atoms with Crippen LogP contribution in [-0.2, 0) is 0 Å². The lowest BCUT2D eigenvalue weighted by Crippen LogP contribution is -2.13. The van der Waals surface area contributed by atoms with E-state index < -0.39 is 10.8 Å². The Bertz CT molecular complexity index is 687. The van der Waals surface area contributed by atoms with Crippen molar-refractivity contribution in [2.24, 2.45) is 0 Å². The fraction of sp³-hybridized carbons (Fsp3) is 0.154. The molecule has 0 aliphatic heterocycles. The maximum Gasteiger partial charge on any atom is 0.294 e. The van der Waals surface area contributed by atoms with Crippen LogP contribution >= 0.6 is 22.9 Å². The van der Waals surface area contributed by atoms with Crippen molar-refractivity contribution in [1.82, 2.24) is 0 Å². The Balaban J connectivity index is 2.27. The number of nitrogens with zero attached hydrogens (tertiary/aromatic N) is 1. The molecule has 1 N–H and O–H groups in total. The van der Waals surface area contributed by atoms with Gasteiger partial charge in [-0.25, -0.2) is 0 Å². The lowest BCUT2D eigenvalue weighted by molar-refractivity contribution is -0.383. The molecule has 0 bridgehead atoms. The quantitative estimate of drug-likeness (QED) is 0.666. The van der Waals surface area contributed by atoms with Gasteiger partial charge in [-0.05, 0) is 19.1 Å². The summed E-state index contributed by atoms with van der Waals surface area (Å²) in [4.78, 5) is 22.6. The molecule has 0 unspecified atom stereocenters. The first-order chi connectivity index (χ1) is 10.0. The minimum Gasteiger partial charge on any atom is -0.492 e. The molecule has 2 aromatic rings. The van der Waals surface area contributed by atoms with Gasteiger partial charge in [-0.2, -0.15) is 0 Å². The van der Waals surface area contributed by atoms with Crippen molar-refractivity contribution in [3.63, 3.8) is 0 Å². The Labute approximate surface area is 129 Å². The summed E-state index contributed by atoms with van der Waals surface area (Å²) in [5.41, 5.74) is 0.165. The highest BCUT2D eigenvalue weighted by Gasteiger charge is 2.19. The highest BCUT2D eigenvalue weighted by Crippen LogP contribution is 2.30. The topological polar surface area (TPSA) is 81.5 Å². The van der Waals surface area contributed by atoms with Gasteiger partial charge in [-0.3, -0.25) is 14.9 Å². The number of benzene rings is 1. The van der Waals surface area contributed by atoms with Crippen LogP contribution < -0.4 is 10.1 Å². The first kappa shape index (κ1) is 15.3.